The fourth-order valence-electron chi connectivity index (χ4n) is 0.802. The minimum Gasteiger partial charge on any atom is -0.475 e. The molecule has 1 saturated heterocycles. The third kappa shape index (κ3) is 15.2. The van der Waals surface area contributed by atoms with Crippen molar-refractivity contribution in [1.82, 2.24) is 5.32 Å². The maximum Gasteiger partial charge on any atom is 0.490 e. The van der Waals surface area contributed by atoms with Gasteiger partial charge in [-0.3, -0.25) is 4.79 Å². The zero-order valence-corrected chi connectivity index (χ0v) is 8.59. The summed E-state index contributed by atoms with van der Waals surface area (Å²) in [5.74, 6) is -2.76. The van der Waals surface area contributed by atoms with Gasteiger partial charge in [0.25, 0.3) is 0 Å². The number of piperidine rings is 1. The number of carbonyl (C=O) groups is 2. The molecule has 0 saturated carbocycles. The highest BCUT2D eigenvalue weighted by Gasteiger charge is 2.38. The fourth-order valence-corrected chi connectivity index (χ4v) is 0.802. The van der Waals surface area contributed by atoms with Crippen LogP contribution in [-0.2, 0) is 9.59 Å². The van der Waals surface area contributed by atoms with E-state index in [2.05, 4.69) is 11.1 Å². The number of primary amides is 1. The first kappa shape index (κ1) is 17.1. The van der Waals surface area contributed by atoms with E-state index >= 15 is 0 Å². The number of rotatable bonds is 0. The van der Waals surface area contributed by atoms with Gasteiger partial charge in [0.1, 0.15) is 0 Å². The number of carboxylic acids is 1. The summed E-state index contributed by atoms with van der Waals surface area (Å²) >= 11 is 0. The molecule has 1 amide bonds. The Morgan fingerprint density at radius 1 is 1.25 bits per heavy atom. The second kappa shape index (κ2) is 10.2. The Bertz CT molecular complexity index is 182. The predicted molar refractivity (Wildman–Crippen MR) is 50.7 cm³/mol. The molecule has 0 spiro atoms. The van der Waals surface area contributed by atoms with Crippen molar-refractivity contribution in [2.75, 3.05) is 13.1 Å². The molecular weight excluding hydrogens is 229 g/mol. The Morgan fingerprint density at radius 2 is 1.56 bits per heavy atom. The second-order valence-electron chi connectivity index (χ2n) is 2.75. The van der Waals surface area contributed by atoms with Crippen LogP contribution in [0.1, 0.15) is 19.3 Å². The molecule has 1 aliphatic rings. The van der Waals surface area contributed by atoms with Gasteiger partial charge in [0.15, 0.2) is 0 Å². The number of carboxylic acid groups (broad SMARTS) is 1. The minimum absolute atomic E-state index is 0.250. The number of hydrogen-bond acceptors (Lipinski definition) is 3. The van der Waals surface area contributed by atoms with Crippen molar-refractivity contribution < 1.29 is 27.9 Å². The molecule has 0 unspecified atom stereocenters. The predicted octanol–water partition coefficient (Wildman–Crippen LogP) is 0.495. The molecule has 96 valence electrons. The lowest BCUT2D eigenvalue weighted by Crippen LogP contribution is -2.21. The van der Waals surface area contributed by atoms with E-state index in [9.17, 15) is 13.2 Å². The van der Waals surface area contributed by atoms with E-state index in [1.165, 1.54) is 32.4 Å². The quantitative estimate of drug-likeness (QED) is 0.541. The fraction of sp³-hybridized carbons (Fsp3) is 0.750. The Morgan fingerprint density at radius 3 is 1.62 bits per heavy atom. The van der Waals surface area contributed by atoms with E-state index in [0.29, 0.717) is 0 Å². The molecule has 8 heteroatoms. The number of nitrogens with one attached hydrogen (secondary N) is 1. The van der Waals surface area contributed by atoms with Gasteiger partial charge in [0.05, 0.1) is 0 Å². The summed E-state index contributed by atoms with van der Waals surface area (Å²) in [6.45, 7) is 2.50. The molecule has 1 rings (SSSR count). The Kier molecular flexibility index (Phi) is 10.9. The lowest BCUT2D eigenvalue weighted by Gasteiger charge is -2.08. The van der Waals surface area contributed by atoms with Gasteiger partial charge in [0.2, 0.25) is 6.41 Å². The highest BCUT2D eigenvalue weighted by atomic mass is 19.4. The molecule has 5 nitrogen and oxygen atoms in total. The van der Waals surface area contributed by atoms with Crippen LogP contribution in [0, 0.1) is 0 Å². The van der Waals surface area contributed by atoms with Crippen molar-refractivity contribution >= 4 is 12.4 Å². The average Bonchev–Trinajstić information content (AvgIpc) is 2.21. The lowest BCUT2D eigenvalue weighted by molar-refractivity contribution is -0.192. The maximum atomic E-state index is 10.6. The van der Waals surface area contributed by atoms with Crippen LogP contribution in [0.15, 0.2) is 0 Å². The molecule has 0 bridgehead atoms. The highest BCUT2D eigenvalue weighted by molar-refractivity contribution is 5.73. The molecule has 4 N–H and O–H groups in total. The lowest BCUT2D eigenvalue weighted by atomic mass is 10.2. The SMILES string of the molecule is C1CCNCC1.NC=O.O=C(O)C(F)(F)F. The second-order valence-corrected chi connectivity index (χ2v) is 2.75. The first-order valence-corrected chi connectivity index (χ1v) is 4.52. The molecule has 0 atom stereocenters. The normalized spacial score (nSPS) is 14.7. The van der Waals surface area contributed by atoms with Gasteiger partial charge in [-0.15, -0.1) is 0 Å². The van der Waals surface area contributed by atoms with Crippen LogP contribution in [0.2, 0.25) is 0 Å². The summed E-state index contributed by atoms with van der Waals surface area (Å²) in [5.41, 5.74) is 4.17. The number of alkyl halides is 3. The van der Waals surface area contributed by atoms with Crippen molar-refractivity contribution in [3.8, 4) is 0 Å². The summed E-state index contributed by atoms with van der Waals surface area (Å²) in [5, 5.41) is 10.4. The number of hydrogen-bond donors (Lipinski definition) is 3. The van der Waals surface area contributed by atoms with E-state index in [1.54, 1.807) is 0 Å². The van der Waals surface area contributed by atoms with Crippen LogP contribution in [0.3, 0.4) is 0 Å². The number of amides is 1. The van der Waals surface area contributed by atoms with E-state index in [1.807, 2.05) is 0 Å². The molecule has 0 aromatic rings. The number of aliphatic carboxylic acids is 1. The van der Waals surface area contributed by atoms with E-state index < -0.39 is 12.1 Å². The summed E-state index contributed by atoms with van der Waals surface area (Å²) in [7, 11) is 0. The maximum absolute atomic E-state index is 10.6. The van der Waals surface area contributed by atoms with Gasteiger partial charge >= 0.3 is 12.1 Å². The Labute approximate surface area is 90.8 Å². The van der Waals surface area contributed by atoms with E-state index in [-0.39, 0.29) is 6.41 Å². The van der Waals surface area contributed by atoms with Crippen LogP contribution in [-0.4, -0.2) is 36.8 Å². The summed E-state index contributed by atoms with van der Waals surface area (Å²) in [6.07, 6.45) is -0.618. The molecule has 1 fully saturated rings. The van der Waals surface area contributed by atoms with Gasteiger partial charge in [-0.2, -0.15) is 13.2 Å². The Balaban J connectivity index is 0. The number of nitrogens with two attached hydrogens (primary N) is 1. The van der Waals surface area contributed by atoms with Crippen molar-refractivity contribution in [3.63, 3.8) is 0 Å². The van der Waals surface area contributed by atoms with Crippen molar-refractivity contribution in [3.05, 3.63) is 0 Å². The van der Waals surface area contributed by atoms with Crippen molar-refractivity contribution in [1.29, 1.82) is 0 Å². The van der Waals surface area contributed by atoms with Gasteiger partial charge < -0.3 is 16.2 Å². The van der Waals surface area contributed by atoms with E-state index in [0.717, 1.165) is 0 Å². The molecule has 1 aliphatic heterocycles. The topological polar surface area (TPSA) is 92.4 Å². The monoisotopic (exact) mass is 244 g/mol. The van der Waals surface area contributed by atoms with Crippen LogP contribution in [0.25, 0.3) is 0 Å². The molecule has 1 heterocycles. The molecule has 0 radical (unpaired) electrons. The highest BCUT2D eigenvalue weighted by Crippen LogP contribution is 2.13. The van der Waals surface area contributed by atoms with Crippen LogP contribution in [0.5, 0.6) is 0 Å². The van der Waals surface area contributed by atoms with Crippen LogP contribution < -0.4 is 11.1 Å². The average molecular weight is 244 g/mol. The van der Waals surface area contributed by atoms with E-state index in [4.69, 9.17) is 14.7 Å². The first-order chi connectivity index (χ1) is 7.36. The third-order valence-electron chi connectivity index (χ3n) is 1.45. The molecule has 16 heavy (non-hydrogen) atoms. The molecular formula is C8H15F3N2O3. The van der Waals surface area contributed by atoms with Crippen molar-refractivity contribution in [2.45, 2.75) is 25.4 Å². The number of carbonyl (C=O) groups excluding carboxylic acids is 1. The number of halogens is 3. The smallest absolute Gasteiger partial charge is 0.475 e. The Hall–Kier alpha value is -1.31. The zero-order valence-electron chi connectivity index (χ0n) is 8.59. The van der Waals surface area contributed by atoms with Crippen LogP contribution in [0.4, 0.5) is 13.2 Å². The zero-order chi connectivity index (χ0) is 13.0. The largest absolute Gasteiger partial charge is 0.490 e. The summed E-state index contributed by atoms with van der Waals surface area (Å²) in [6, 6.07) is 0. The third-order valence-corrected chi connectivity index (χ3v) is 1.45. The van der Waals surface area contributed by atoms with Gasteiger partial charge in [-0.1, -0.05) is 6.42 Å². The standard InChI is InChI=1S/C5H11N.C2HF3O2.CH3NO/c1-2-4-6-5-3-1;3-2(4,5)1(6)7;2-1-3/h6H,1-5H2;(H,6,7);1H,(H2,2,3). The molecule has 0 aliphatic carbocycles. The van der Waals surface area contributed by atoms with Crippen LogP contribution >= 0.6 is 0 Å². The summed E-state index contributed by atoms with van der Waals surface area (Å²) < 4.78 is 31.7. The van der Waals surface area contributed by atoms with Gasteiger partial charge in [0, 0.05) is 0 Å². The van der Waals surface area contributed by atoms with Gasteiger partial charge in [-0.05, 0) is 25.9 Å². The van der Waals surface area contributed by atoms with Gasteiger partial charge in [-0.25, -0.2) is 4.79 Å². The molecule has 0 aromatic heterocycles. The van der Waals surface area contributed by atoms with Crippen molar-refractivity contribution in [2.24, 2.45) is 5.73 Å². The minimum atomic E-state index is -5.08. The molecule has 0 aromatic carbocycles. The summed E-state index contributed by atoms with van der Waals surface area (Å²) in [4.78, 5) is 17.5. The first-order valence-electron chi connectivity index (χ1n) is 4.52.